The van der Waals surface area contributed by atoms with E-state index in [1.807, 2.05) is 6.92 Å². The molecule has 1 N–H and O–H groups in total. The van der Waals surface area contributed by atoms with E-state index in [1.54, 1.807) is 17.0 Å². The Hall–Kier alpha value is -1.95. The van der Waals surface area contributed by atoms with Gasteiger partial charge in [-0.3, -0.25) is 14.9 Å². The number of nitro benzene ring substituents is 1. The molecule has 0 aliphatic carbocycles. The van der Waals surface area contributed by atoms with Crippen LogP contribution in [0, 0.1) is 10.1 Å². The summed E-state index contributed by atoms with van der Waals surface area (Å²) in [6, 6.07) is 6.26. The largest absolute Gasteiger partial charge is 0.337 e. The van der Waals surface area contributed by atoms with Crippen LogP contribution in [0.15, 0.2) is 24.3 Å². The topological polar surface area (TPSA) is 75.5 Å². The van der Waals surface area contributed by atoms with Gasteiger partial charge in [0.15, 0.2) is 0 Å². The molecule has 0 saturated carbocycles. The van der Waals surface area contributed by atoms with E-state index >= 15 is 0 Å². The maximum atomic E-state index is 12.0. The molecule has 1 aromatic carbocycles. The van der Waals surface area contributed by atoms with Gasteiger partial charge in [0, 0.05) is 25.2 Å². The molecular weight excluding hydrogens is 246 g/mol. The normalized spacial score (nSPS) is 18.9. The van der Waals surface area contributed by atoms with Crippen molar-refractivity contribution < 1.29 is 9.72 Å². The number of benzene rings is 1. The molecule has 1 aliphatic rings. The first kappa shape index (κ1) is 13.5. The highest BCUT2D eigenvalue weighted by Crippen LogP contribution is 2.17. The van der Waals surface area contributed by atoms with Crippen LogP contribution in [-0.2, 0) is 11.3 Å². The van der Waals surface area contributed by atoms with E-state index in [9.17, 15) is 14.9 Å². The Morgan fingerprint density at radius 1 is 1.42 bits per heavy atom. The number of hydrogen-bond acceptors (Lipinski definition) is 4. The molecule has 1 aromatic rings. The van der Waals surface area contributed by atoms with Gasteiger partial charge in [0.25, 0.3) is 5.69 Å². The predicted molar refractivity (Wildman–Crippen MR) is 70.6 cm³/mol. The van der Waals surface area contributed by atoms with Crippen molar-refractivity contribution in [2.24, 2.45) is 0 Å². The minimum Gasteiger partial charge on any atom is -0.337 e. The number of nitrogens with one attached hydrogen (secondary N) is 1. The lowest BCUT2D eigenvalue weighted by Crippen LogP contribution is -2.37. The van der Waals surface area contributed by atoms with Crippen LogP contribution in [0.3, 0.4) is 0 Å². The average molecular weight is 263 g/mol. The van der Waals surface area contributed by atoms with Crippen LogP contribution < -0.4 is 5.32 Å². The lowest BCUT2D eigenvalue weighted by molar-refractivity contribution is -0.384. The summed E-state index contributed by atoms with van der Waals surface area (Å²) in [5.41, 5.74) is 0.984. The second-order valence-corrected chi connectivity index (χ2v) is 4.58. The molecule has 102 valence electrons. The van der Waals surface area contributed by atoms with Crippen LogP contribution >= 0.6 is 0 Å². The number of carbonyl (C=O) groups is 1. The molecule has 1 saturated heterocycles. The molecule has 2 rings (SSSR count). The maximum Gasteiger partial charge on any atom is 0.269 e. The minimum absolute atomic E-state index is 0.0713. The fourth-order valence-electron chi connectivity index (χ4n) is 2.28. The van der Waals surface area contributed by atoms with E-state index < -0.39 is 4.92 Å². The summed E-state index contributed by atoms with van der Waals surface area (Å²) in [7, 11) is 0. The third-order valence-corrected chi connectivity index (χ3v) is 3.27. The fourth-order valence-corrected chi connectivity index (χ4v) is 2.28. The van der Waals surface area contributed by atoms with Gasteiger partial charge in [-0.1, -0.05) is 19.1 Å². The van der Waals surface area contributed by atoms with Gasteiger partial charge in [0.05, 0.1) is 11.0 Å². The van der Waals surface area contributed by atoms with Crippen molar-refractivity contribution in [3.63, 3.8) is 0 Å². The molecule has 1 aliphatic heterocycles. The Balaban J connectivity index is 1.98. The molecule has 6 heteroatoms. The van der Waals surface area contributed by atoms with Crippen LogP contribution in [0.2, 0.25) is 0 Å². The Morgan fingerprint density at radius 3 is 2.68 bits per heavy atom. The number of non-ortho nitro benzene ring substituents is 1. The molecule has 1 heterocycles. The molecule has 0 spiro atoms. The lowest BCUT2D eigenvalue weighted by atomic mass is 10.2. The van der Waals surface area contributed by atoms with Crippen molar-refractivity contribution in [2.75, 3.05) is 13.1 Å². The van der Waals surface area contributed by atoms with E-state index in [2.05, 4.69) is 5.32 Å². The van der Waals surface area contributed by atoms with Crippen LogP contribution in [0.4, 0.5) is 5.69 Å². The molecular formula is C13H17N3O3. The Bertz CT molecular complexity index is 473. The first-order valence-electron chi connectivity index (χ1n) is 6.37. The summed E-state index contributed by atoms with van der Waals surface area (Å²) >= 11 is 0. The highest BCUT2D eigenvalue weighted by atomic mass is 16.6. The number of nitrogens with zero attached hydrogens (tertiary/aromatic N) is 2. The van der Waals surface area contributed by atoms with Crippen molar-refractivity contribution in [3.05, 3.63) is 39.9 Å². The van der Waals surface area contributed by atoms with Crippen molar-refractivity contribution in [2.45, 2.75) is 25.9 Å². The number of likely N-dealkylation sites (N-methyl/N-ethyl adjacent to an activating group) is 1. The molecule has 0 bridgehead atoms. The summed E-state index contributed by atoms with van der Waals surface area (Å²) in [5.74, 6) is 0.111. The Kier molecular flexibility index (Phi) is 4.11. The van der Waals surface area contributed by atoms with Crippen LogP contribution in [0.1, 0.15) is 18.9 Å². The summed E-state index contributed by atoms with van der Waals surface area (Å²) in [4.78, 5) is 23.9. The molecule has 1 atom stereocenters. The predicted octanol–water partition coefficient (Wildman–Crippen LogP) is 1.31. The van der Waals surface area contributed by atoms with Crippen molar-refractivity contribution >= 4 is 11.6 Å². The smallest absolute Gasteiger partial charge is 0.269 e. The van der Waals surface area contributed by atoms with Crippen molar-refractivity contribution in [3.8, 4) is 0 Å². The molecule has 0 radical (unpaired) electrons. The molecule has 0 aromatic heterocycles. The number of rotatable bonds is 5. The second-order valence-electron chi connectivity index (χ2n) is 4.58. The maximum absolute atomic E-state index is 12.0. The van der Waals surface area contributed by atoms with Crippen molar-refractivity contribution in [1.29, 1.82) is 0 Å². The molecule has 1 unspecified atom stereocenters. The van der Waals surface area contributed by atoms with E-state index in [0.29, 0.717) is 6.54 Å². The highest BCUT2D eigenvalue weighted by molar-refractivity contribution is 5.83. The van der Waals surface area contributed by atoms with Gasteiger partial charge in [-0.05, 0) is 18.5 Å². The fraction of sp³-hybridized carbons (Fsp3) is 0.462. The first-order chi connectivity index (χ1) is 9.11. The van der Waals surface area contributed by atoms with Gasteiger partial charge in [-0.2, -0.15) is 0 Å². The number of carbonyl (C=O) groups excluding carboxylic acids is 1. The zero-order valence-corrected chi connectivity index (χ0v) is 10.8. The van der Waals surface area contributed by atoms with Gasteiger partial charge in [-0.25, -0.2) is 0 Å². The quantitative estimate of drug-likeness (QED) is 0.642. The van der Waals surface area contributed by atoms with E-state index in [1.165, 1.54) is 12.1 Å². The Labute approximate surface area is 111 Å². The first-order valence-corrected chi connectivity index (χ1v) is 6.37. The SMILES string of the molecule is CCNC1CCN(Cc2ccc([N+](=O)[O-])cc2)C1=O. The van der Waals surface area contributed by atoms with Gasteiger partial charge in [0.1, 0.15) is 0 Å². The average Bonchev–Trinajstić information content (AvgIpc) is 2.73. The number of amides is 1. The summed E-state index contributed by atoms with van der Waals surface area (Å²) < 4.78 is 0. The van der Waals surface area contributed by atoms with Crippen LogP contribution in [0.5, 0.6) is 0 Å². The molecule has 19 heavy (non-hydrogen) atoms. The zero-order valence-electron chi connectivity index (χ0n) is 10.8. The van der Waals surface area contributed by atoms with Crippen LogP contribution in [-0.4, -0.2) is 34.9 Å². The Morgan fingerprint density at radius 2 is 2.11 bits per heavy atom. The third-order valence-electron chi connectivity index (χ3n) is 3.27. The number of nitro groups is 1. The molecule has 1 fully saturated rings. The van der Waals surface area contributed by atoms with Gasteiger partial charge < -0.3 is 10.2 Å². The lowest BCUT2D eigenvalue weighted by Gasteiger charge is -2.16. The van der Waals surface area contributed by atoms with Crippen LogP contribution in [0.25, 0.3) is 0 Å². The monoisotopic (exact) mass is 263 g/mol. The molecule has 6 nitrogen and oxygen atoms in total. The highest BCUT2D eigenvalue weighted by Gasteiger charge is 2.30. The summed E-state index contributed by atoms with van der Waals surface area (Å²) in [5, 5.41) is 13.7. The van der Waals surface area contributed by atoms with Gasteiger partial charge >= 0.3 is 0 Å². The number of hydrogen-bond donors (Lipinski definition) is 1. The summed E-state index contributed by atoms with van der Waals surface area (Å²) in [6.45, 7) is 4.00. The zero-order chi connectivity index (χ0) is 13.8. The summed E-state index contributed by atoms with van der Waals surface area (Å²) in [6.07, 6.45) is 0.819. The van der Waals surface area contributed by atoms with Crippen molar-refractivity contribution in [1.82, 2.24) is 10.2 Å². The van der Waals surface area contributed by atoms with Gasteiger partial charge in [-0.15, -0.1) is 0 Å². The third kappa shape index (κ3) is 3.08. The van der Waals surface area contributed by atoms with Gasteiger partial charge in [0.2, 0.25) is 5.91 Å². The second kappa shape index (κ2) is 5.79. The van der Waals surface area contributed by atoms with E-state index in [4.69, 9.17) is 0 Å². The van der Waals surface area contributed by atoms with E-state index in [0.717, 1.165) is 25.1 Å². The standard InChI is InChI=1S/C13H17N3O3/c1-2-14-12-7-8-15(13(12)17)9-10-3-5-11(6-4-10)16(18)19/h3-6,12,14H,2,7-9H2,1H3. The number of likely N-dealkylation sites (tertiary alicyclic amines) is 1. The minimum atomic E-state index is -0.425. The molecule has 1 amide bonds. The van der Waals surface area contributed by atoms with E-state index in [-0.39, 0.29) is 17.6 Å².